The van der Waals surface area contributed by atoms with Crippen LogP contribution in [-0.4, -0.2) is 52.3 Å². The molecule has 2 aliphatic rings. The van der Waals surface area contributed by atoms with Crippen LogP contribution in [0.2, 0.25) is 5.02 Å². The number of fused-ring (bicyclic) bond motifs is 1. The van der Waals surface area contributed by atoms with Crippen molar-refractivity contribution in [2.75, 3.05) is 26.7 Å². The molecule has 0 aliphatic carbocycles. The number of hydrogen-bond acceptors (Lipinski definition) is 4. The predicted molar refractivity (Wildman–Crippen MR) is 136 cm³/mol. The second-order valence-electron chi connectivity index (χ2n) is 8.34. The van der Waals surface area contributed by atoms with Gasteiger partial charge in [-0.2, -0.15) is 5.10 Å². The summed E-state index contributed by atoms with van der Waals surface area (Å²) in [5, 5.41) is 12.4. The molecule has 170 valence electrons. The molecule has 2 aromatic rings. The molecule has 1 aromatic heterocycles. The summed E-state index contributed by atoms with van der Waals surface area (Å²) in [4.78, 5) is 11.6. The zero-order chi connectivity index (χ0) is 20.9. The maximum Gasteiger partial charge on any atom is 0.191 e. The monoisotopic (exact) mass is 557 g/mol. The number of nitrogens with one attached hydrogen (secondary N) is 2. The Balaban J connectivity index is 0.00000272. The maximum absolute atomic E-state index is 6.32. The van der Waals surface area contributed by atoms with Crippen molar-refractivity contribution in [3.05, 3.63) is 46.5 Å². The molecule has 1 aromatic carbocycles. The van der Waals surface area contributed by atoms with Gasteiger partial charge in [0.1, 0.15) is 11.6 Å². The summed E-state index contributed by atoms with van der Waals surface area (Å²) >= 11 is 6.32. The van der Waals surface area contributed by atoms with Crippen molar-refractivity contribution in [2.45, 2.75) is 51.7 Å². The Labute approximate surface area is 207 Å². The lowest BCUT2D eigenvalue weighted by Crippen LogP contribution is -2.44. The Morgan fingerprint density at radius 2 is 1.97 bits per heavy atom. The minimum Gasteiger partial charge on any atom is -0.356 e. The fourth-order valence-corrected chi connectivity index (χ4v) is 4.62. The van der Waals surface area contributed by atoms with Crippen molar-refractivity contribution in [1.82, 2.24) is 30.3 Å². The molecule has 2 aliphatic heterocycles. The van der Waals surface area contributed by atoms with Crippen molar-refractivity contribution < 1.29 is 0 Å². The SMILES string of the molecule is CN=C(NCC1CCN(Cc2ccccc2Cl)CC1)NC1CCCn2nc(C)nc21.I. The Kier molecular flexibility index (Phi) is 8.97. The molecule has 0 saturated carbocycles. The third-order valence-electron chi connectivity index (χ3n) is 6.13. The summed E-state index contributed by atoms with van der Waals surface area (Å²) in [5.74, 6) is 3.37. The van der Waals surface area contributed by atoms with Crippen molar-refractivity contribution >= 4 is 41.5 Å². The van der Waals surface area contributed by atoms with Crippen LogP contribution in [0.3, 0.4) is 0 Å². The Morgan fingerprint density at radius 1 is 1.19 bits per heavy atom. The molecule has 3 heterocycles. The number of likely N-dealkylation sites (tertiary alicyclic amines) is 1. The van der Waals surface area contributed by atoms with Gasteiger partial charge >= 0.3 is 0 Å². The summed E-state index contributed by atoms with van der Waals surface area (Å²) < 4.78 is 2.03. The topological polar surface area (TPSA) is 70.4 Å². The minimum absolute atomic E-state index is 0. The van der Waals surface area contributed by atoms with Gasteiger partial charge in [-0.3, -0.25) is 9.89 Å². The molecule has 0 spiro atoms. The fourth-order valence-electron chi connectivity index (χ4n) is 4.42. The molecule has 2 N–H and O–H groups in total. The first-order chi connectivity index (χ1) is 14.6. The van der Waals surface area contributed by atoms with Gasteiger partial charge in [-0.25, -0.2) is 9.67 Å². The number of halogens is 2. The standard InChI is InChI=1S/C22H32ClN7.HI/c1-16-26-21-20(8-5-11-30(21)28-16)27-22(24-2)25-14-17-9-12-29(13-10-17)15-18-6-3-4-7-19(18)23;/h3-4,6-7,17,20H,5,8-15H2,1-2H3,(H2,24,25,27);1H. The van der Waals surface area contributed by atoms with Crippen LogP contribution in [0, 0.1) is 12.8 Å². The molecule has 1 fully saturated rings. The van der Waals surface area contributed by atoms with Crippen LogP contribution < -0.4 is 10.6 Å². The van der Waals surface area contributed by atoms with E-state index >= 15 is 0 Å². The average Bonchev–Trinajstić information content (AvgIpc) is 3.15. The number of rotatable bonds is 5. The highest BCUT2D eigenvalue weighted by atomic mass is 127. The van der Waals surface area contributed by atoms with Crippen molar-refractivity contribution in [2.24, 2.45) is 10.9 Å². The first-order valence-corrected chi connectivity index (χ1v) is 11.3. The van der Waals surface area contributed by atoms with Crippen LogP contribution in [0.5, 0.6) is 0 Å². The first-order valence-electron chi connectivity index (χ1n) is 11.0. The number of aryl methyl sites for hydroxylation is 2. The summed E-state index contributed by atoms with van der Waals surface area (Å²) in [6.07, 6.45) is 4.53. The molecule has 1 unspecified atom stereocenters. The van der Waals surface area contributed by atoms with Gasteiger partial charge in [-0.1, -0.05) is 29.8 Å². The third-order valence-corrected chi connectivity index (χ3v) is 6.50. The van der Waals surface area contributed by atoms with Gasteiger partial charge in [0, 0.05) is 31.7 Å². The van der Waals surface area contributed by atoms with Gasteiger partial charge in [-0.05, 0) is 63.2 Å². The highest BCUT2D eigenvalue weighted by molar-refractivity contribution is 14.0. The van der Waals surface area contributed by atoms with E-state index in [0.29, 0.717) is 5.92 Å². The van der Waals surface area contributed by atoms with E-state index in [1.165, 1.54) is 18.4 Å². The summed E-state index contributed by atoms with van der Waals surface area (Å²) in [5.41, 5.74) is 1.22. The molecule has 9 heteroatoms. The highest BCUT2D eigenvalue weighted by Gasteiger charge is 2.25. The average molecular weight is 558 g/mol. The lowest BCUT2D eigenvalue weighted by Gasteiger charge is -2.32. The van der Waals surface area contributed by atoms with Crippen molar-refractivity contribution in [3.8, 4) is 0 Å². The van der Waals surface area contributed by atoms with E-state index in [1.807, 2.05) is 30.8 Å². The number of hydrogen-bond donors (Lipinski definition) is 2. The fraction of sp³-hybridized carbons (Fsp3) is 0.591. The molecule has 31 heavy (non-hydrogen) atoms. The summed E-state index contributed by atoms with van der Waals surface area (Å²) in [7, 11) is 1.83. The normalized spacial score (nSPS) is 20.1. The largest absolute Gasteiger partial charge is 0.356 e. The number of piperidine rings is 1. The Morgan fingerprint density at radius 3 is 2.71 bits per heavy atom. The number of aromatic nitrogens is 3. The first kappa shape index (κ1) is 24.3. The number of benzene rings is 1. The lowest BCUT2D eigenvalue weighted by atomic mass is 9.96. The number of aliphatic imine (C=N–C) groups is 1. The smallest absolute Gasteiger partial charge is 0.191 e. The third kappa shape index (κ3) is 6.32. The zero-order valence-corrected chi connectivity index (χ0v) is 21.4. The highest BCUT2D eigenvalue weighted by Crippen LogP contribution is 2.24. The van der Waals surface area contributed by atoms with Gasteiger partial charge in [0.25, 0.3) is 0 Å². The van der Waals surface area contributed by atoms with Gasteiger partial charge in [-0.15, -0.1) is 24.0 Å². The van der Waals surface area contributed by atoms with Crippen LogP contribution in [0.1, 0.15) is 48.9 Å². The van der Waals surface area contributed by atoms with Crippen LogP contribution >= 0.6 is 35.6 Å². The summed E-state index contributed by atoms with van der Waals surface area (Å²) in [6, 6.07) is 8.32. The molecular formula is C22H33ClIN7. The predicted octanol–water partition coefficient (Wildman–Crippen LogP) is 3.77. The Bertz CT molecular complexity index is 876. The van der Waals surface area contributed by atoms with Gasteiger partial charge in [0.05, 0.1) is 6.04 Å². The van der Waals surface area contributed by atoms with Crippen molar-refractivity contribution in [1.29, 1.82) is 0 Å². The van der Waals surface area contributed by atoms with E-state index in [2.05, 4.69) is 42.7 Å². The lowest BCUT2D eigenvalue weighted by molar-refractivity contribution is 0.178. The van der Waals surface area contributed by atoms with Gasteiger partial charge in [0.15, 0.2) is 5.96 Å². The van der Waals surface area contributed by atoms with E-state index in [-0.39, 0.29) is 30.0 Å². The van der Waals surface area contributed by atoms with Gasteiger partial charge in [0.2, 0.25) is 0 Å². The van der Waals surface area contributed by atoms with Gasteiger partial charge < -0.3 is 10.6 Å². The van der Waals surface area contributed by atoms with Crippen molar-refractivity contribution in [3.63, 3.8) is 0 Å². The molecule has 1 atom stereocenters. The molecule has 4 rings (SSSR count). The summed E-state index contributed by atoms with van der Waals surface area (Å²) in [6.45, 7) is 6.99. The van der Waals surface area contributed by atoms with Crippen LogP contribution in [0.25, 0.3) is 0 Å². The maximum atomic E-state index is 6.32. The zero-order valence-electron chi connectivity index (χ0n) is 18.4. The Hall–Kier alpha value is -1.39. The van der Waals surface area contributed by atoms with Crippen LogP contribution in [-0.2, 0) is 13.1 Å². The molecule has 7 nitrogen and oxygen atoms in total. The number of guanidine groups is 1. The second-order valence-corrected chi connectivity index (χ2v) is 8.75. The number of nitrogens with zero attached hydrogens (tertiary/aromatic N) is 5. The van der Waals surface area contributed by atoms with E-state index in [1.54, 1.807) is 0 Å². The van der Waals surface area contributed by atoms with Crippen LogP contribution in [0.15, 0.2) is 29.3 Å². The van der Waals surface area contributed by atoms with E-state index < -0.39 is 0 Å². The quantitative estimate of drug-likeness (QED) is 0.333. The molecule has 1 saturated heterocycles. The van der Waals surface area contributed by atoms with E-state index in [4.69, 9.17) is 11.6 Å². The van der Waals surface area contributed by atoms with E-state index in [9.17, 15) is 0 Å². The molecular weight excluding hydrogens is 525 g/mol. The molecule has 0 amide bonds. The molecule has 0 radical (unpaired) electrons. The second kappa shape index (κ2) is 11.5. The van der Waals surface area contributed by atoms with Crippen LogP contribution in [0.4, 0.5) is 0 Å². The minimum atomic E-state index is 0. The molecule has 0 bridgehead atoms. The van der Waals surface area contributed by atoms with E-state index in [0.717, 1.165) is 68.2 Å².